The van der Waals surface area contributed by atoms with Gasteiger partial charge in [-0.1, -0.05) is 18.2 Å². The number of aliphatic imine (C=N–C) groups is 1. The third-order valence-corrected chi connectivity index (χ3v) is 5.13. The van der Waals surface area contributed by atoms with E-state index in [2.05, 4.69) is 51.5 Å². The average molecular weight is 448 g/mol. The monoisotopic (exact) mass is 448 g/mol. The lowest BCUT2D eigenvalue weighted by Gasteiger charge is -2.17. The SMILES string of the molecule is CN=C(NCCCNc1ccccc1)NC1CCC(SC)C1.I. The average Bonchev–Trinajstić information content (AvgIpc) is 3.02. The fourth-order valence-corrected chi connectivity index (χ4v) is 3.55. The molecule has 3 N–H and O–H groups in total. The first-order chi connectivity index (χ1) is 10.8. The van der Waals surface area contributed by atoms with Crippen LogP contribution in [0, 0.1) is 0 Å². The van der Waals surface area contributed by atoms with E-state index < -0.39 is 0 Å². The van der Waals surface area contributed by atoms with Crippen molar-refractivity contribution in [2.75, 3.05) is 31.7 Å². The van der Waals surface area contributed by atoms with E-state index in [0.717, 1.165) is 30.7 Å². The second kappa shape index (κ2) is 11.8. The number of benzene rings is 1. The number of hydrogen-bond donors (Lipinski definition) is 3. The maximum absolute atomic E-state index is 4.33. The molecule has 2 rings (SSSR count). The molecule has 0 aromatic heterocycles. The first kappa shape index (κ1) is 20.4. The van der Waals surface area contributed by atoms with Crippen molar-refractivity contribution in [3.8, 4) is 0 Å². The summed E-state index contributed by atoms with van der Waals surface area (Å²) in [6, 6.07) is 10.9. The topological polar surface area (TPSA) is 48.5 Å². The van der Waals surface area contributed by atoms with E-state index >= 15 is 0 Å². The van der Waals surface area contributed by atoms with Crippen molar-refractivity contribution in [1.82, 2.24) is 10.6 Å². The Hall–Kier alpha value is -0.630. The number of rotatable bonds is 7. The van der Waals surface area contributed by atoms with Gasteiger partial charge in [0.1, 0.15) is 0 Å². The molecule has 2 atom stereocenters. The van der Waals surface area contributed by atoms with Crippen LogP contribution in [-0.2, 0) is 0 Å². The van der Waals surface area contributed by atoms with Crippen molar-refractivity contribution in [1.29, 1.82) is 0 Å². The molecule has 1 fully saturated rings. The summed E-state index contributed by atoms with van der Waals surface area (Å²) in [6.45, 7) is 1.89. The molecule has 4 nitrogen and oxygen atoms in total. The molecule has 0 aliphatic heterocycles. The molecule has 0 spiro atoms. The summed E-state index contributed by atoms with van der Waals surface area (Å²) in [4.78, 5) is 4.33. The smallest absolute Gasteiger partial charge is 0.191 e. The molecule has 0 saturated heterocycles. The molecule has 0 bridgehead atoms. The normalized spacial score (nSPS) is 20.7. The fourth-order valence-electron chi connectivity index (χ4n) is 2.76. The van der Waals surface area contributed by atoms with Crippen LogP contribution in [0.5, 0.6) is 0 Å². The van der Waals surface area contributed by atoms with Gasteiger partial charge in [-0.05, 0) is 44.1 Å². The summed E-state index contributed by atoms with van der Waals surface area (Å²) in [6.07, 6.45) is 7.09. The number of anilines is 1. The Bertz CT molecular complexity index is 455. The predicted molar refractivity (Wildman–Crippen MR) is 114 cm³/mol. The van der Waals surface area contributed by atoms with Crippen LogP contribution in [0.1, 0.15) is 25.7 Å². The van der Waals surface area contributed by atoms with Crippen LogP contribution in [0.25, 0.3) is 0 Å². The number of nitrogens with zero attached hydrogens (tertiary/aromatic N) is 1. The molecule has 0 amide bonds. The van der Waals surface area contributed by atoms with Gasteiger partial charge in [-0.2, -0.15) is 11.8 Å². The first-order valence-electron chi connectivity index (χ1n) is 8.10. The molecule has 1 aromatic rings. The van der Waals surface area contributed by atoms with E-state index in [4.69, 9.17) is 0 Å². The van der Waals surface area contributed by atoms with Gasteiger partial charge >= 0.3 is 0 Å². The number of para-hydroxylation sites is 1. The van der Waals surface area contributed by atoms with Gasteiger partial charge < -0.3 is 16.0 Å². The van der Waals surface area contributed by atoms with E-state index in [1.165, 1.54) is 24.9 Å². The minimum Gasteiger partial charge on any atom is -0.385 e. The zero-order chi connectivity index (χ0) is 15.6. The van der Waals surface area contributed by atoms with Gasteiger partial charge in [0.05, 0.1) is 0 Å². The molecule has 23 heavy (non-hydrogen) atoms. The minimum atomic E-state index is 0. The van der Waals surface area contributed by atoms with Gasteiger partial charge in [-0.25, -0.2) is 0 Å². The third-order valence-electron chi connectivity index (χ3n) is 4.03. The van der Waals surface area contributed by atoms with Gasteiger partial charge in [-0.15, -0.1) is 24.0 Å². The maximum Gasteiger partial charge on any atom is 0.191 e. The Morgan fingerprint density at radius 3 is 2.65 bits per heavy atom. The van der Waals surface area contributed by atoms with Crippen molar-refractivity contribution in [2.45, 2.75) is 37.0 Å². The maximum atomic E-state index is 4.33. The molecule has 130 valence electrons. The molecule has 1 aromatic carbocycles. The number of hydrogen-bond acceptors (Lipinski definition) is 3. The van der Waals surface area contributed by atoms with Crippen molar-refractivity contribution >= 4 is 47.4 Å². The van der Waals surface area contributed by atoms with Gasteiger partial charge in [0.25, 0.3) is 0 Å². The van der Waals surface area contributed by atoms with Gasteiger partial charge in [0.2, 0.25) is 0 Å². The zero-order valence-corrected chi connectivity index (χ0v) is 17.2. The lowest BCUT2D eigenvalue weighted by atomic mass is 10.2. The Labute approximate surface area is 161 Å². The summed E-state index contributed by atoms with van der Waals surface area (Å²) in [5, 5.41) is 11.2. The van der Waals surface area contributed by atoms with Crippen LogP contribution in [-0.4, -0.2) is 43.6 Å². The highest BCUT2D eigenvalue weighted by Crippen LogP contribution is 2.27. The second-order valence-electron chi connectivity index (χ2n) is 5.66. The fraction of sp³-hybridized carbons (Fsp3) is 0.588. The molecule has 1 aliphatic rings. The quantitative estimate of drug-likeness (QED) is 0.259. The van der Waals surface area contributed by atoms with Crippen LogP contribution in [0.2, 0.25) is 0 Å². The molecule has 2 unspecified atom stereocenters. The standard InChI is InChI=1S/C17H28N4S.HI/c1-18-17(21-15-9-10-16(13-15)22-2)20-12-6-11-19-14-7-4-3-5-8-14;/h3-5,7-8,15-16,19H,6,9-13H2,1-2H3,(H2,18,20,21);1H. The Morgan fingerprint density at radius 2 is 2.00 bits per heavy atom. The van der Waals surface area contributed by atoms with Crippen molar-refractivity contribution in [3.05, 3.63) is 30.3 Å². The van der Waals surface area contributed by atoms with Crippen molar-refractivity contribution < 1.29 is 0 Å². The predicted octanol–water partition coefficient (Wildman–Crippen LogP) is 3.56. The Kier molecular flexibility index (Phi) is 10.5. The van der Waals surface area contributed by atoms with Crippen LogP contribution in [0.4, 0.5) is 5.69 Å². The van der Waals surface area contributed by atoms with Crippen LogP contribution in [0.15, 0.2) is 35.3 Å². The Morgan fingerprint density at radius 1 is 1.22 bits per heavy atom. The summed E-state index contributed by atoms with van der Waals surface area (Å²) >= 11 is 1.98. The summed E-state index contributed by atoms with van der Waals surface area (Å²) in [7, 11) is 1.85. The van der Waals surface area contributed by atoms with Gasteiger partial charge in [0, 0.05) is 37.1 Å². The highest BCUT2D eigenvalue weighted by Gasteiger charge is 2.24. The molecule has 0 heterocycles. The van der Waals surface area contributed by atoms with Crippen LogP contribution >= 0.6 is 35.7 Å². The Balaban J connectivity index is 0.00000264. The van der Waals surface area contributed by atoms with Crippen LogP contribution in [0.3, 0.4) is 0 Å². The van der Waals surface area contributed by atoms with E-state index in [9.17, 15) is 0 Å². The van der Waals surface area contributed by atoms with E-state index in [1.807, 2.05) is 24.9 Å². The molecule has 6 heteroatoms. The van der Waals surface area contributed by atoms with Gasteiger partial charge in [0.15, 0.2) is 5.96 Å². The molecule has 0 radical (unpaired) electrons. The first-order valence-corrected chi connectivity index (χ1v) is 9.39. The third kappa shape index (κ3) is 7.65. The van der Waals surface area contributed by atoms with Gasteiger partial charge in [-0.3, -0.25) is 4.99 Å². The second-order valence-corrected chi connectivity index (χ2v) is 6.80. The highest BCUT2D eigenvalue weighted by atomic mass is 127. The minimum absolute atomic E-state index is 0. The highest BCUT2D eigenvalue weighted by molar-refractivity contribution is 14.0. The summed E-state index contributed by atoms with van der Waals surface area (Å²) < 4.78 is 0. The summed E-state index contributed by atoms with van der Waals surface area (Å²) in [5.41, 5.74) is 1.18. The van der Waals surface area contributed by atoms with E-state index in [1.54, 1.807) is 0 Å². The number of nitrogens with one attached hydrogen (secondary N) is 3. The largest absolute Gasteiger partial charge is 0.385 e. The van der Waals surface area contributed by atoms with Crippen molar-refractivity contribution in [3.63, 3.8) is 0 Å². The lowest BCUT2D eigenvalue weighted by Crippen LogP contribution is -2.43. The molecule has 1 saturated carbocycles. The number of halogens is 1. The van der Waals surface area contributed by atoms with E-state index in [-0.39, 0.29) is 24.0 Å². The number of guanidine groups is 1. The van der Waals surface area contributed by atoms with Crippen molar-refractivity contribution in [2.24, 2.45) is 4.99 Å². The molecular weight excluding hydrogens is 419 g/mol. The number of thioether (sulfide) groups is 1. The van der Waals surface area contributed by atoms with Crippen LogP contribution < -0.4 is 16.0 Å². The molecular formula is C17H29IN4S. The summed E-state index contributed by atoms with van der Waals surface area (Å²) in [5.74, 6) is 0.937. The zero-order valence-electron chi connectivity index (χ0n) is 14.0. The lowest BCUT2D eigenvalue weighted by molar-refractivity contribution is 0.613. The molecule has 1 aliphatic carbocycles. The van der Waals surface area contributed by atoms with E-state index in [0.29, 0.717) is 6.04 Å².